The minimum Gasteiger partial charge on any atom is -0.326 e. The van der Waals surface area contributed by atoms with Gasteiger partial charge in [-0.1, -0.05) is 46.3 Å². The molecule has 1 atom stereocenters. The SMILES string of the molecule is O=C(Nc1ccc(S(=O)(=O)Nc2ccc(Br)cc2)cc1)[C@@H]1CCCN(S(=O)(=O)CCCc2ccccc2)C1. The fourth-order valence-corrected chi connectivity index (χ4v) is 7.24. The van der Waals surface area contributed by atoms with E-state index in [9.17, 15) is 21.6 Å². The van der Waals surface area contributed by atoms with Crippen LogP contribution in [0.1, 0.15) is 24.8 Å². The van der Waals surface area contributed by atoms with Gasteiger partial charge in [-0.15, -0.1) is 0 Å². The number of nitrogens with zero attached hydrogens (tertiary/aromatic N) is 1. The summed E-state index contributed by atoms with van der Waals surface area (Å²) in [5.74, 6) is -0.714. The van der Waals surface area contributed by atoms with Gasteiger partial charge in [0.2, 0.25) is 15.9 Å². The van der Waals surface area contributed by atoms with Crippen molar-refractivity contribution in [2.75, 3.05) is 28.9 Å². The zero-order chi connectivity index (χ0) is 27.2. The van der Waals surface area contributed by atoms with Gasteiger partial charge in [0.05, 0.1) is 16.6 Å². The molecule has 2 N–H and O–H groups in total. The molecular formula is C27H30BrN3O5S2. The molecule has 4 rings (SSSR count). The van der Waals surface area contributed by atoms with Crippen molar-refractivity contribution in [3.8, 4) is 0 Å². The minimum atomic E-state index is -3.79. The average molecular weight is 621 g/mol. The number of hydrogen-bond acceptors (Lipinski definition) is 5. The Balaban J connectivity index is 1.31. The Morgan fingerprint density at radius 1 is 0.895 bits per heavy atom. The maximum Gasteiger partial charge on any atom is 0.261 e. The maximum atomic E-state index is 12.9. The van der Waals surface area contributed by atoms with E-state index in [-0.39, 0.29) is 23.1 Å². The molecule has 1 aliphatic heterocycles. The first-order valence-electron chi connectivity index (χ1n) is 12.3. The van der Waals surface area contributed by atoms with E-state index in [1.807, 2.05) is 30.3 Å². The first-order chi connectivity index (χ1) is 18.1. The first-order valence-corrected chi connectivity index (χ1v) is 16.2. The van der Waals surface area contributed by atoms with Gasteiger partial charge in [0.1, 0.15) is 0 Å². The van der Waals surface area contributed by atoms with Crippen LogP contribution in [0.2, 0.25) is 0 Å². The lowest BCUT2D eigenvalue weighted by atomic mass is 9.99. The van der Waals surface area contributed by atoms with E-state index in [1.54, 1.807) is 24.3 Å². The van der Waals surface area contributed by atoms with Crippen molar-refractivity contribution in [1.29, 1.82) is 0 Å². The first kappa shape index (κ1) is 28.3. The van der Waals surface area contributed by atoms with E-state index in [0.29, 0.717) is 43.6 Å². The predicted molar refractivity (Wildman–Crippen MR) is 153 cm³/mol. The molecule has 0 spiro atoms. The second kappa shape index (κ2) is 12.4. The number of anilines is 2. The predicted octanol–water partition coefficient (Wildman–Crippen LogP) is 4.86. The number of rotatable bonds is 10. The van der Waals surface area contributed by atoms with Crippen LogP contribution in [-0.4, -0.2) is 45.9 Å². The molecule has 8 nitrogen and oxygen atoms in total. The normalized spacial score (nSPS) is 16.6. The molecule has 0 aromatic heterocycles. The molecule has 1 heterocycles. The molecule has 3 aromatic rings. The van der Waals surface area contributed by atoms with Crippen molar-refractivity contribution >= 4 is 53.3 Å². The number of piperidine rings is 1. The van der Waals surface area contributed by atoms with Crippen molar-refractivity contribution in [1.82, 2.24) is 4.31 Å². The van der Waals surface area contributed by atoms with Gasteiger partial charge >= 0.3 is 0 Å². The summed E-state index contributed by atoms with van der Waals surface area (Å²) in [6.45, 7) is 0.554. The molecule has 202 valence electrons. The molecule has 1 amide bonds. The van der Waals surface area contributed by atoms with Crippen LogP contribution in [0.25, 0.3) is 0 Å². The van der Waals surface area contributed by atoms with Gasteiger partial charge in [-0.05, 0) is 79.8 Å². The van der Waals surface area contributed by atoms with Crippen molar-refractivity contribution in [3.63, 3.8) is 0 Å². The molecule has 0 bridgehead atoms. The van der Waals surface area contributed by atoms with Gasteiger partial charge in [0.15, 0.2) is 0 Å². The molecule has 38 heavy (non-hydrogen) atoms. The van der Waals surface area contributed by atoms with Crippen LogP contribution >= 0.6 is 15.9 Å². The number of aryl methyl sites for hydroxylation is 1. The number of carbonyl (C=O) groups is 1. The summed E-state index contributed by atoms with van der Waals surface area (Å²) in [5.41, 5.74) is 1.98. The Morgan fingerprint density at radius 2 is 1.55 bits per heavy atom. The summed E-state index contributed by atoms with van der Waals surface area (Å²) in [6.07, 6.45) is 2.40. The second-order valence-corrected chi connectivity index (χ2v) is 13.9. The molecule has 11 heteroatoms. The standard InChI is InChI=1S/C27H30BrN3O5S2/c28-23-10-12-25(13-11-23)30-38(35,36)26-16-14-24(15-17-26)29-27(32)22-9-4-18-31(20-22)37(33,34)19-5-8-21-6-2-1-3-7-21/h1-3,6-7,10-17,22,30H,4-5,8-9,18-20H2,(H,29,32)/t22-/m1/s1. The summed E-state index contributed by atoms with van der Waals surface area (Å²) >= 11 is 3.31. The third-order valence-electron chi connectivity index (χ3n) is 6.39. The monoisotopic (exact) mass is 619 g/mol. The Hall–Kier alpha value is -2.73. The quantitative estimate of drug-likeness (QED) is 0.336. The van der Waals surface area contributed by atoms with E-state index >= 15 is 0 Å². The van der Waals surface area contributed by atoms with Crippen LogP contribution in [0.5, 0.6) is 0 Å². The van der Waals surface area contributed by atoms with E-state index in [2.05, 4.69) is 26.0 Å². The molecule has 1 fully saturated rings. The zero-order valence-electron chi connectivity index (χ0n) is 20.7. The van der Waals surface area contributed by atoms with Crippen molar-refractivity contribution in [2.45, 2.75) is 30.6 Å². The van der Waals surface area contributed by atoms with E-state index in [1.165, 1.54) is 28.6 Å². The second-order valence-electron chi connectivity index (χ2n) is 9.23. The Bertz CT molecular complexity index is 1450. The summed E-state index contributed by atoms with van der Waals surface area (Å²) in [4.78, 5) is 13.0. The molecule has 0 aliphatic carbocycles. The molecule has 1 saturated heterocycles. The molecule has 3 aromatic carbocycles. The Morgan fingerprint density at radius 3 is 2.24 bits per heavy atom. The van der Waals surface area contributed by atoms with Crippen LogP contribution in [0.15, 0.2) is 88.2 Å². The third kappa shape index (κ3) is 7.66. The van der Waals surface area contributed by atoms with Crippen LogP contribution in [0.3, 0.4) is 0 Å². The molecule has 0 saturated carbocycles. The third-order valence-corrected chi connectivity index (χ3v) is 10.2. The van der Waals surface area contributed by atoms with Crippen LogP contribution in [-0.2, 0) is 31.3 Å². The van der Waals surface area contributed by atoms with Crippen molar-refractivity contribution < 1.29 is 21.6 Å². The highest BCUT2D eigenvalue weighted by Gasteiger charge is 2.32. The fraction of sp³-hybridized carbons (Fsp3) is 0.296. The molecule has 0 radical (unpaired) electrons. The average Bonchev–Trinajstić information content (AvgIpc) is 2.91. The number of amides is 1. The van der Waals surface area contributed by atoms with E-state index < -0.39 is 26.0 Å². The number of carbonyl (C=O) groups excluding carboxylic acids is 1. The fourth-order valence-electron chi connectivity index (χ4n) is 4.34. The number of nitrogens with one attached hydrogen (secondary N) is 2. The highest BCUT2D eigenvalue weighted by atomic mass is 79.9. The zero-order valence-corrected chi connectivity index (χ0v) is 23.9. The number of sulfonamides is 2. The number of halogens is 1. The molecule has 0 unspecified atom stereocenters. The number of hydrogen-bond donors (Lipinski definition) is 2. The highest BCUT2D eigenvalue weighted by molar-refractivity contribution is 9.10. The van der Waals surface area contributed by atoms with Crippen molar-refractivity contribution in [2.24, 2.45) is 5.92 Å². The maximum absolute atomic E-state index is 12.9. The van der Waals surface area contributed by atoms with Crippen LogP contribution in [0.4, 0.5) is 11.4 Å². The largest absolute Gasteiger partial charge is 0.326 e. The lowest BCUT2D eigenvalue weighted by Crippen LogP contribution is -2.44. The summed E-state index contributed by atoms with van der Waals surface area (Å²) in [5, 5.41) is 2.80. The summed E-state index contributed by atoms with van der Waals surface area (Å²) in [7, 11) is -7.26. The van der Waals surface area contributed by atoms with Gasteiger partial charge in [-0.3, -0.25) is 9.52 Å². The number of benzene rings is 3. The lowest BCUT2D eigenvalue weighted by molar-refractivity contribution is -0.120. The van der Waals surface area contributed by atoms with E-state index in [0.717, 1.165) is 10.0 Å². The minimum absolute atomic E-state index is 0.0421. The van der Waals surface area contributed by atoms with Crippen LogP contribution in [0, 0.1) is 5.92 Å². The van der Waals surface area contributed by atoms with Gasteiger partial charge in [0, 0.05) is 28.9 Å². The van der Waals surface area contributed by atoms with Gasteiger partial charge in [0.25, 0.3) is 10.0 Å². The van der Waals surface area contributed by atoms with E-state index in [4.69, 9.17) is 0 Å². The smallest absolute Gasteiger partial charge is 0.261 e. The molecular weight excluding hydrogens is 590 g/mol. The summed E-state index contributed by atoms with van der Waals surface area (Å²) < 4.78 is 56.0. The topological polar surface area (TPSA) is 113 Å². The van der Waals surface area contributed by atoms with Gasteiger partial charge in [-0.25, -0.2) is 21.1 Å². The van der Waals surface area contributed by atoms with Gasteiger partial charge < -0.3 is 5.32 Å². The highest BCUT2D eigenvalue weighted by Crippen LogP contribution is 2.24. The lowest BCUT2D eigenvalue weighted by Gasteiger charge is -2.31. The van der Waals surface area contributed by atoms with Crippen LogP contribution < -0.4 is 10.0 Å². The molecule has 1 aliphatic rings. The Labute approximate surface area is 232 Å². The van der Waals surface area contributed by atoms with Crippen molar-refractivity contribution in [3.05, 3.63) is 88.9 Å². The Kier molecular flexibility index (Phi) is 9.24. The summed E-state index contributed by atoms with van der Waals surface area (Å²) in [6, 6.07) is 22.4. The van der Waals surface area contributed by atoms with Gasteiger partial charge in [-0.2, -0.15) is 0 Å².